The Morgan fingerprint density at radius 3 is 2.77 bits per heavy atom. The number of carbonyl (C=O) groups is 1. The molecule has 4 rings (SSSR count). The summed E-state index contributed by atoms with van der Waals surface area (Å²) in [6, 6.07) is 23.1. The van der Waals surface area contributed by atoms with Gasteiger partial charge in [0.05, 0.1) is 23.5 Å². The van der Waals surface area contributed by atoms with E-state index in [9.17, 15) is 4.79 Å². The highest BCUT2D eigenvalue weighted by atomic mass is 32.2. The van der Waals surface area contributed by atoms with Gasteiger partial charge in [0.25, 0.3) is 5.91 Å². The van der Waals surface area contributed by atoms with E-state index in [0.717, 1.165) is 32.5 Å². The second-order valence-corrected chi connectivity index (χ2v) is 8.66. The zero-order valence-electron chi connectivity index (χ0n) is 16.2. The lowest BCUT2D eigenvalue weighted by atomic mass is 10.1. The predicted molar refractivity (Wildman–Crippen MR) is 124 cm³/mol. The van der Waals surface area contributed by atoms with Crippen molar-refractivity contribution in [3.63, 3.8) is 0 Å². The summed E-state index contributed by atoms with van der Waals surface area (Å²) in [4.78, 5) is 16.9. The smallest absolute Gasteiger partial charge is 0.271 e. The van der Waals surface area contributed by atoms with Crippen molar-refractivity contribution in [3.05, 3.63) is 89.5 Å². The van der Waals surface area contributed by atoms with Crippen LogP contribution in [0.25, 0.3) is 10.2 Å². The quantitative estimate of drug-likeness (QED) is 0.242. The maximum Gasteiger partial charge on any atom is 0.271 e. The van der Waals surface area contributed by atoms with E-state index in [1.54, 1.807) is 36.4 Å². The van der Waals surface area contributed by atoms with Crippen LogP contribution in [0.2, 0.25) is 0 Å². The molecule has 1 aromatic heterocycles. The molecule has 150 valence electrons. The third-order valence-electron chi connectivity index (χ3n) is 4.33. The molecule has 4 aromatic rings. The number of aromatic nitrogens is 1. The van der Waals surface area contributed by atoms with Crippen molar-refractivity contribution in [3.8, 4) is 5.75 Å². The molecule has 7 heteroatoms. The van der Waals surface area contributed by atoms with E-state index in [2.05, 4.69) is 21.6 Å². The number of fused-ring (bicyclic) bond motifs is 1. The van der Waals surface area contributed by atoms with Crippen LogP contribution in [0.4, 0.5) is 0 Å². The molecule has 0 aliphatic carbocycles. The fraction of sp³-hybridized carbons (Fsp3) is 0.0870. The monoisotopic (exact) mass is 433 g/mol. The maximum atomic E-state index is 12.3. The topological polar surface area (TPSA) is 63.6 Å². The Hall–Kier alpha value is -3.16. The summed E-state index contributed by atoms with van der Waals surface area (Å²) in [6.07, 6.45) is 1.59. The number of rotatable bonds is 7. The van der Waals surface area contributed by atoms with E-state index in [4.69, 9.17) is 4.74 Å². The van der Waals surface area contributed by atoms with Gasteiger partial charge in [-0.25, -0.2) is 10.4 Å². The van der Waals surface area contributed by atoms with Gasteiger partial charge in [0.2, 0.25) is 0 Å². The van der Waals surface area contributed by atoms with Gasteiger partial charge in [-0.3, -0.25) is 4.79 Å². The van der Waals surface area contributed by atoms with E-state index in [1.165, 1.54) is 4.70 Å². The van der Waals surface area contributed by atoms with Gasteiger partial charge in [-0.2, -0.15) is 5.10 Å². The minimum Gasteiger partial charge on any atom is -0.497 e. The van der Waals surface area contributed by atoms with Crippen LogP contribution >= 0.6 is 23.1 Å². The maximum absolute atomic E-state index is 12.3. The summed E-state index contributed by atoms with van der Waals surface area (Å²) in [5, 5.41) is 4.02. The van der Waals surface area contributed by atoms with Crippen molar-refractivity contribution in [1.29, 1.82) is 0 Å². The second kappa shape index (κ2) is 9.56. The largest absolute Gasteiger partial charge is 0.497 e. The van der Waals surface area contributed by atoms with Gasteiger partial charge < -0.3 is 4.74 Å². The van der Waals surface area contributed by atoms with Crippen molar-refractivity contribution >= 4 is 45.4 Å². The Morgan fingerprint density at radius 1 is 1.13 bits per heavy atom. The van der Waals surface area contributed by atoms with Crippen molar-refractivity contribution < 1.29 is 9.53 Å². The summed E-state index contributed by atoms with van der Waals surface area (Å²) in [6.45, 7) is 0. The number of nitrogens with one attached hydrogen (secondary N) is 1. The van der Waals surface area contributed by atoms with Gasteiger partial charge in [-0.15, -0.1) is 11.3 Å². The third kappa shape index (κ3) is 5.06. The van der Waals surface area contributed by atoms with Crippen LogP contribution in [0, 0.1) is 0 Å². The summed E-state index contributed by atoms with van der Waals surface area (Å²) < 4.78 is 7.41. The van der Waals surface area contributed by atoms with Crippen LogP contribution in [0.3, 0.4) is 0 Å². The lowest BCUT2D eigenvalue weighted by molar-refractivity contribution is 0.0955. The first kappa shape index (κ1) is 20.1. The average Bonchev–Trinajstić information content (AvgIpc) is 3.21. The predicted octanol–water partition coefficient (Wildman–Crippen LogP) is 5.36. The molecule has 30 heavy (non-hydrogen) atoms. The summed E-state index contributed by atoms with van der Waals surface area (Å²) in [5.74, 6) is 1.29. The summed E-state index contributed by atoms with van der Waals surface area (Å²) >= 11 is 3.40. The molecule has 3 aromatic carbocycles. The molecule has 0 fully saturated rings. The van der Waals surface area contributed by atoms with Crippen LogP contribution in [-0.4, -0.2) is 24.2 Å². The van der Waals surface area contributed by atoms with Crippen molar-refractivity contribution in [2.45, 2.75) is 10.1 Å². The van der Waals surface area contributed by atoms with Crippen LogP contribution in [0.1, 0.15) is 21.5 Å². The van der Waals surface area contributed by atoms with Crippen LogP contribution in [0.5, 0.6) is 5.75 Å². The number of thioether (sulfide) groups is 1. The molecule has 0 bridgehead atoms. The first-order valence-electron chi connectivity index (χ1n) is 9.26. The molecule has 0 atom stereocenters. The molecule has 0 radical (unpaired) electrons. The molecule has 0 saturated heterocycles. The minimum atomic E-state index is -0.250. The van der Waals surface area contributed by atoms with Gasteiger partial charge in [-0.1, -0.05) is 48.2 Å². The number of benzene rings is 3. The minimum absolute atomic E-state index is 0.250. The lowest BCUT2D eigenvalue weighted by Gasteiger charge is -2.03. The van der Waals surface area contributed by atoms with Crippen molar-refractivity contribution in [1.82, 2.24) is 10.4 Å². The third-order valence-corrected chi connectivity index (χ3v) is 6.58. The van der Waals surface area contributed by atoms with E-state index in [0.29, 0.717) is 5.56 Å². The number of carbonyl (C=O) groups excluding carboxylic acids is 1. The van der Waals surface area contributed by atoms with Crippen molar-refractivity contribution in [2.75, 3.05) is 7.11 Å². The van der Waals surface area contributed by atoms with E-state index < -0.39 is 0 Å². The summed E-state index contributed by atoms with van der Waals surface area (Å²) in [7, 11) is 1.61. The zero-order chi connectivity index (χ0) is 20.8. The molecular formula is C23H19N3O2S2. The molecule has 1 amide bonds. The first-order valence-corrected chi connectivity index (χ1v) is 11.1. The molecule has 0 unspecified atom stereocenters. The second-order valence-electron chi connectivity index (χ2n) is 6.41. The standard InChI is InChI=1S/C23H19N3O2S2/c1-28-19-6-4-5-17(13-19)14-24-26-22(27)18-11-9-16(10-12-18)15-29-23-25-20-7-2-3-8-21(20)30-23/h2-14H,15H2,1H3,(H,26,27)/b24-14+. The Bertz CT molecular complexity index is 1150. The fourth-order valence-corrected chi connectivity index (χ4v) is 4.79. The van der Waals surface area contributed by atoms with Crippen LogP contribution in [-0.2, 0) is 5.75 Å². The highest BCUT2D eigenvalue weighted by Crippen LogP contribution is 2.31. The lowest BCUT2D eigenvalue weighted by Crippen LogP contribution is -2.17. The molecular weight excluding hydrogens is 414 g/mol. The van der Waals surface area contributed by atoms with Crippen molar-refractivity contribution in [2.24, 2.45) is 5.10 Å². The highest BCUT2D eigenvalue weighted by Gasteiger charge is 2.07. The highest BCUT2D eigenvalue weighted by molar-refractivity contribution is 8.00. The fourth-order valence-electron chi connectivity index (χ4n) is 2.76. The van der Waals surface area contributed by atoms with Crippen LogP contribution in [0.15, 0.2) is 82.2 Å². The number of hydrogen-bond donors (Lipinski definition) is 1. The molecule has 0 saturated carbocycles. The number of para-hydroxylation sites is 1. The number of thiazole rings is 1. The number of amides is 1. The molecule has 0 aliphatic heterocycles. The summed E-state index contributed by atoms with van der Waals surface area (Å²) in [5.41, 5.74) is 6.13. The zero-order valence-corrected chi connectivity index (χ0v) is 17.9. The number of methoxy groups -OCH3 is 1. The first-order chi connectivity index (χ1) is 14.7. The molecule has 0 aliphatic rings. The van der Waals surface area contributed by atoms with Gasteiger partial charge >= 0.3 is 0 Å². The number of nitrogens with zero attached hydrogens (tertiary/aromatic N) is 2. The van der Waals surface area contributed by atoms with E-state index in [1.807, 2.05) is 66.7 Å². The van der Waals surface area contributed by atoms with E-state index in [-0.39, 0.29) is 5.91 Å². The number of ether oxygens (including phenoxy) is 1. The number of hydrogen-bond acceptors (Lipinski definition) is 6. The number of hydrazone groups is 1. The molecule has 1 N–H and O–H groups in total. The van der Waals surface area contributed by atoms with E-state index >= 15 is 0 Å². The Balaban J connectivity index is 1.32. The Labute approximate surface area is 182 Å². The average molecular weight is 434 g/mol. The van der Waals surface area contributed by atoms with Gasteiger partial charge in [0, 0.05) is 11.3 Å². The van der Waals surface area contributed by atoms with Gasteiger partial charge in [0.1, 0.15) is 5.75 Å². The molecule has 1 heterocycles. The SMILES string of the molecule is COc1cccc(/C=N/NC(=O)c2ccc(CSc3nc4ccccc4s3)cc2)c1. The van der Waals surface area contributed by atoms with Gasteiger partial charge in [-0.05, 0) is 47.5 Å². The normalized spacial score (nSPS) is 11.1. The molecule has 5 nitrogen and oxygen atoms in total. The Morgan fingerprint density at radius 2 is 1.97 bits per heavy atom. The molecule has 0 spiro atoms. The van der Waals surface area contributed by atoms with Crippen LogP contribution < -0.4 is 10.2 Å². The Kier molecular flexibility index (Phi) is 6.41. The van der Waals surface area contributed by atoms with Gasteiger partial charge in [0.15, 0.2) is 4.34 Å².